The Morgan fingerprint density at radius 2 is 1.45 bits per heavy atom. The van der Waals surface area contributed by atoms with Crippen molar-refractivity contribution < 1.29 is 32.4 Å². The first-order valence-corrected chi connectivity index (χ1v) is 16.8. The number of phenolic OH excluding ortho intramolecular Hbond substituents is 1. The molecule has 2 unspecified atom stereocenters. The average molecular weight is 603 g/mol. The first-order chi connectivity index (χ1) is 20.3. The number of aromatic hydroxyl groups is 1. The first-order valence-electron chi connectivity index (χ1n) is 15.4. The Balaban J connectivity index is 1.82. The molecule has 0 bridgehead atoms. The van der Waals surface area contributed by atoms with Gasteiger partial charge in [0.05, 0.1) is 25.4 Å². The van der Waals surface area contributed by atoms with Crippen molar-refractivity contribution >= 4 is 18.8 Å². The molecule has 0 radical (unpaired) electrons. The van der Waals surface area contributed by atoms with Crippen LogP contribution in [0, 0.1) is 11.8 Å². The van der Waals surface area contributed by atoms with Gasteiger partial charge in [-0.15, -0.1) is 0 Å². The van der Waals surface area contributed by atoms with Gasteiger partial charge < -0.3 is 18.8 Å². The van der Waals surface area contributed by atoms with E-state index in [9.17, 15) is 14.5 Å². The summed E-state index contributed by atoms with van der Waals surface area (Å²) in [6.07, 6.45) is 9.52. The van der Waals surface area contributed by atoms with Crippen LogP contribution in [0.5, 0.6) is 17.2 Å². The second kappa shape index (κ2) is 16.7. The third-order valence-electron chi connectivity index (χ3n) is 7.55. The molecule has 0 aliphatic carbocycles. The summed E-state index contributed by atoms with van der Waals surface area (Å²) in [5.41, 5.74) is 0.681. The third kappa shape index (κ3) is 9.35. The van der Waals surface area contributed by atoms with E-state index >= 15 is 0 Å². The molecule has 0 saturated heterocycles. The Bertz CT molecular complexity index is 1330. The quantitative estimate of drug-likeness (QED) is 0.135. The summed E-state index contributed by atoms with van der Waals surface area (Å²) < 4.78 is 42.7. The summed E-state index contributed by atoms with van der Waals surface area (Å²) in [5.74, 6) is 1.04. The van der Waals surface area contributed by atoms with Crippen molar-refractivity contribution in [2.45, 2.75) is 86.0 Å². The maximum absolute atomic E-state index is 13.9. The molecule has 0 amide bonds. The summed E-state index contributed by atoms with van der Waals surface area (Å²) in [6, 6.07) is 9.58. The number of fused-ring (bicyclic) bond motifs is 1. The molecule has 0 aliphatic heterocycles. The lowest BCUT2D eigenvalue weighted by Crippen LogP contribution is -2.14. The average Bonchev–Trinajstić information content (AvgIpc) is 2.98. The molecule has 1 N–H and O–H groups in total. The molecule has 2 atom stereocenters. The van der Waals surface area contributed by atoms with Crippen LogP contribution in [-0.4, -0.2) is 24.9 Å². The Morgan fingerprint density at radius 1 is 0.857 bits per heavy atom. The van der Waals surface area contributed by atoms with E-state index in [2.05, 4.69) is 27.7 Å². The third-order valence-corrected chi connectivity index (χ3v) is 8.91. The number of unbranched alkanes of at least 4 members (excludes halogenated alkanes) is 2. The van der Waals surface area contributed by atoms with E-state index in [1.54, 1.807) is 30.3 Å². The lowest BCUT2D eigenvalue weighted by atomic mass is 10.0. The fourth-order valence-corrected chi connectivity index (χ4v) is 6.11. The van der Waals surface area contributed by atoms with Crippen LogP contribution in [0.25, 0.3) is 22.1 Å². The van der Waals surface area contributed by atoms with Crippen LogP contribution in [0.4, 0.5) is 0 Å². The van der Waals surface area contributed by atoms with E-state index in [0.29, 0.717) is 36.9 Å². The number of hydrogen-bond acceptors (Lipinski definition) is 8. The second-order valence-corrected chi connectivity index (χ2v) is 12.3. The standard InChI is InChI=1S/C33H47O8P/c1-6-11-13-24(8-3)21-39-42(36,40-22-25(9-4)14-12-7-2)41-27-17-15-26(16-18-27)29-23-38-31-20-28(37-10-5)19-30(34)32(31)33(29)35/h15-20,23-25,34H,6-14,21-22H2,1-5H3. The van der Waals surface area contributed by atoms with Crippen molar-refractivity contribution in [3.63, 3.8) is 0 Å². The van der Waals surface area contributed by atoms with Crippen LogP contribution in [0.15, 0.2) is 51.9 Å². The van der Waals surface area contributed by atoms with Crippen LogP contribution in [-0.2, 0) is 13.6 Å². The molecule has 3 aromatic rings. The van der Waals surface area contributed by atoms with Crippen molar-refractivity contribution in [3.05, 3.63) is 52.9 Å². The van der Waals surface area contributed by atoms with Crippen molar-refractivity contribution in [2.75, 3.05) is 19.8 Å². The number of phosphoric ester groups is 1. The smallest absolute Gasteiger partial charge is 0.507 e. The second-order valence-electron chi connectivity index (χ2n) is 10.7. The predicted octanol–water partition coefficient (Wildman–Crippen LogP) is 9.52. The maximum Gasteiger partial charge on any atom is 0.530 e. The molecule has 232 valence electrons. The lowest BCUT2D eigenvalue weighted by molar-refractivity contribution is 0.115. The largest absolute Gasteiger partial charge is 0.530 e. The molecule has 2 aromatic carbocycles. The highest BCUT2D eigenvalue weighted by molar-refractivity contribution is 7.48. The summed E-state index contributed by atoms with van der Waals surface area (Å²) in [5, 5.41) is 10.6. The summed E-state index contributed by atoms with van der Waals surface area (Å²) in [6.45, 7) is 11.4. The monoisotopic (exact) mass is 602 g/mol. The molecule has 0 saturated carbocycles. The predicted molar refractivity (Wildman–Crippen MR) is 168 cm³/mol. The van der Waals surface area contributed by atoms with Crippen LogP contribution in [0.3, 0.4) is 0 Å². The van der Waals surface area contributed by atoms with Gasteiger partial charge in [0.1, 0.15) is 34.5 Å². The van der Waals surface area contributed by atoms with E-state index < -0.39 is 7.82 Å². The van der Waals surface area contributed by atoms with Crippen LogP contribution in [0.1, 0.15) is 86.0 Å². The highest BCUT2D eigenvalue weighted by atomic mass is 31.2. The van der Waals surface area contributed by atoms with Crippen molar-refractivity contribution in [1.29, 1.82) is 0 Å². The molecule has 1 aromatic heterocycles. The number of hydrogen-bond donors (Lipinski definition) is 1. The Kier molecular flexibility index (Phi) is 13.4. The van der Waals surface area contributed by atoms with E-state index in [1.165, 1.54) is 12.3 Å². The van der Waals surface area contributed by atoms with E-state index in [4.69, 9.17) is 22.7 Å². The SMILES string of the molecule is CCCCC(CC)COP(=O)(OCC(CC)CCCC)Oc1ccc(-c2coc3cc(OCC)cc(O)c3c2=O)cc1. The fraction of sp³-hybridized carbons (Fsp3) is 0.545. The van der Waals surface area contributed by atoms with Crippen LogP contribution < -0.4 is 14.7 Å². The van der Waals surface area contributed by atoms with Gasteiger partial charge in [-0.05, 0) is 49.3 Å². The molecule has 3 rings (SSSR count). The number of benzene rings is 2. The van der Waals surface area contributed by atoms with Gasteiger partial charge >= 0.3 is 7.82 Å². The number of ether oxygens (including phenoxy) is 1. The summed E-state index contributed by atoms with van der Waals surface area (Å²) in [4.78, 5) is 13.3. The molecule has 0 aliphatic rings. The van der Waals surface area contributed by atoms with Gasteiger partial charge in [0, 0.05) is 12.1 Å². The number of phenols is 1. The zero-order valence-corrected chi connectivity index (χ0v) is 26.6. The van der Waals surface area contributed by atoms with E-state index in [1.807, 2.05) is 6.92 Å². The molecule has 0 fully saturated rings. The fourth-order valence-electron chi connectivity index (χ4n) is 4.76. The normalized spacial score (nSPS) is 14.4. The van der Waals surface area contributed by atoms with Gasteiger partial charge in [-0.2, -0.15) is 0 Å². The highest BCUT2D eigenvalue weighted by Gasteiger charge is 2.31. The van der Waals surface area contributed by atoms with Gasteiger partial charge in [0.2, 0.25) is 5.43 Å². The minimum atomic E-state index is -3.91. The Labute approximate surface area is 250 Å². The zero-order valence-electron chi connectivity index (χ0n) is 25.7. The molecule has 42 heavy (non-hydrogen) atoms. The van der Waals surface area contributed by atoms with Crippen molar-refractivity contribution in [2.24, 2.45) is 11.8 Å². The van der Waals surface area contributed by atoms with Gasteiger partial charge in [-0.3, -0.25) is 13.8 Å². The molecule has 0 spiro atoms. The lowest BCUT2D eigenvalue weighted by Gasteiger charge is -2.23. The minimum absolute atomic E-state index is 0.0738. The maximum atomic E-state index is 13.9. The zero-order chi connectivity index (χ0) is 30.5. The van der Waals surface area contributed by atoms with Crippen LogP contribution in [0.2, 0.25) is 0 Å². The van der Waals surface area contributed by atoms with E-state index in [-0.39, 0.29) is 39.5 Å². The molecule has 8 nitrogen and oxygen atoms in total. The molecular formula is C33H47O8P. The number of phosphoric acid groups is 1. The highest BCUT2D eigenvalue weighted by Crippen LogP contribution is 2.51. The topological polar surface area (TPSA) is 104 Å². The molecule has 9 heteroatoms. The summed E-state index contributed by atoms with van der Waals surface area (Å²) in [7, 11) is -3.91. The van der Waals surface area contributed by atoms with Crippen LogP contribution >= 0.6 is 7.82 Å². The Hall–Kier alpha value is -2.80. The van der Waals surface area contributed by atoms with Gasteiger partial charge in [0.15, 0.2) is 0 Å². The first kappa shape index (κ1) is 33.7. The van der Waals surface area contributed by atoms with Gasteiger partial charge in [0.25, 0.3) is 0 Å². The molecular weight excluding hydrogens is 555 g/mol. The molecule has 1 heterocycles. The van der Waals surface area contributed by atoms with E-state index in [0.717, 1.165) is 51.4 Å². The number of rotatable bonds is 19. The van der Waals surface area contributed by atoms with Gasteiger partial charge in [-0.25, -0.2) is 4.57 Å². The van der Waals surface area contributed by atoms with Crippen molar-refractivity contribution in [3.8, 4) is 28.4 Å². The van der Waals surface area contributed by atoms with Crippen molar-refractivity contribution in [1.82, 2.24) is 0 Å². The van der Waals surface area contributed by atoms with Gasteiger partial charge in [-0.1, -0.05) is 78.4 Å². The summed E-state index contributed by atoms with van der Waals surface area (Å²) >= 11 is 0. The minimum Gasteiger partial charge on any atom is -0.507 e. The Morgan fingerprint density at radius 3 is 1.98 bits per heavy atom.